The highest BCUT2D eigenvalue weighted by Gasteiger charge is 2.24. The molecule has 1 aromatic heterocycles. The van der Waals surface area contributed by atoms with Crippen LogP contribution >= 0.6 is 0 Å². The molecule has 6 nitrogen and oxygen atoms in total. The summed E-state index contributed by atoms with van der Waals surface area (Å²) in [7, 11) is 4.01. The van der Waals surface area contributed by atoms with Gasteiger partial charge in [-0.3, -0.25) is 4.79 Å². The van der Waals surface area contributed by atoms with Crippen molar-refractivity contribution in [3.8, 4) is 0 Å². The molecule has 1 unspecified atom stereocenters. The summed E-state index contributed by atoms with van der Waals surface area (Å²) in [5.41, 5.74) is 2.43. The van der Waals surface area contributed by atoms with Gasteiger partial charge in [0.05, 0.1) is 12.2 Å². The molecule has 1 aliphatic rings. The standard InChI is InChI=1S/C19H27N5O/c1-15-18(20-21-24(15)14-16-8-5-4-6-9-16)19(25)23(3)13-17-10-7-11-22(2)12-17/h4-6,8-9,17H,7,10-14H2,1-3H3. The summed E-state index contributed by atoms with van der Waals surface area (Å²) in [5, 5.41) is 8.34. The number of hydrogen-bond acceptors (Lipinski definition) is 4. The smallest absolute Gasteiger partial charge is 0.276 e. The molecule has 3 rings (SSSR count). The van der Waals surface area contributed by atoms with Gasteiger partial charge in [0, 0.05) is 20.1 Å². The average Bonchev–Trinajstić information content (AvgIpc) is 2.96. The van der Waals surface area contributed by atoms with Crippen LogP contribution in [0.1, 0.15) is 34.6 Å². The molecule has 0 spiro atoms. The Labute approximate surface area is 149 Å². The van der Waals surface area contributed by atoms with Gasteiger partial charge in [0.1, 0.15) is 0 Å². The molecule has 0 bridgehead atoms. The summed E-state index contributed by atoms with van der Waals surface area (Å²) >= 11 is 0. The van der Waals surface area contributed by atoms with E-state index in [1.165, 1.54) is 12.8 Å². The van der Waals surface area contributed by atoms with E-state index in [-0.39, 0.29) is 5.91 Å². The van der Waals surface area contributed by atoms with Gasteiger partial charge in [0.15, 0.2) is 5.69 Å². The van der Waals surface area contributed by atoms with Crippen LogP contribution in [0.3, 0.4) is 0 Å². The summed E-state index contributed by atoms with van der Waals surface area (Å²) < 4.78 is 1.80. The van der Waals surface area contributed by atoms with E-state index in [9.17, 15) is 4.79 Å². The summed E-state index contributed by atoms with van der Waals surface area (Å²) in [4.78, 5) is 16.9. The number of rotatable bonds is 5. The van der Waals surface area contributed by atoms with Crippen LogP contribution in [0.15, 0.2) is 30.3 Å². The lowest BCUT2D eigenvalue weighted by Crippen LogP contribution is -2.40. The Morgan fingerprint density at radius 3 is 2.80 bits per heavy atom. The molecule has 0 saturated carbocycles. The lowest BCUT2D eigenvalue weighted by atomic mass is 9.98. The molecule has 2 heterocycles. The Bertz CT molecular complexity index is 712. The average molecular weight is 341 g/mol. The van der Waals surface area contributed by atoms with E-state index in [0.717, 1.165) is 30.9 Å². The highest BCUT2D eigenvalue weighted by Crippen LogP contribution is 2.17. The minimum absolute atomic E-state index is 0.0370. The number of piperidine rings is 1. The third kappa shape index (κ3) is 4.25. The van der Waals surface area contributed by atoms with Crippen molar-refractivity contribution in [1.29, 1.82) is 0 Å². The van der Waals surface area contributed by atoms with E-state index < -0.39 is 0 Å². The van der Waals surface area contributed by atoms with Crippen LogP contribution in [-0.4, -0.2) is 64.4 Å². The second-order valence-corrected chi connectivity index (χ2v) is 7.12. The molecule has 2 aromatic rings. The topological polar surface area (TPSA) is 54.3 Å². The zero-order chi connectivity index (χ0) is 17.8. The van der Waals surface area contributed by atoms with Gasteiger partial charge in [0.2, 0.25) is 0 Å². The van der Waals surface area contributed by atoms with E-state index >= 15 is 0 Å². The molecule has 25 heavy (non-hydrogen) atoms. The third-order valence-corrected chi connectivity index (χ3v) is 4.96. The molecular formula is C19H27N5O. The number of likely N-dealkylation sites (tertiary alicyclic amines) is 1. The zero-order valence-electron chi connectivity index (χ0n) is 15.4. The van der Waals surface area contributed by atoms with Crippen molar-refractivity contribution < 1.29 is 4.79 Å². The predicted molar refractivity (Wildman–Crippen MR) is 97.5 cm³/mol. The van der Waals surface area contributed by atoms with Gasteiger partial charge in [-0.25, -0.2) is 4.68 Å². The van der Waals surface area contributed by atoms with Gasteiger partial charge in [-0.05, 0) is 44.8 Å². The van der Waals surface area contributed by atoms with Crippen molar-refractivity contribution in [1.82, 2.24) is 24.8 Å². The number of benzene rings is 1. The summed E-state index contributed by atoms with van der Waals surface area (Å²) in [6.07, 6.45) is 2.39. The molecule has 1 aromatic carbocycles. The Morgan fingerprint density at radius 2 is 2.08 bits per heavy atom. The van der Waals surface area contributed by atoms with Crippen molar-refractivity contribution >= 4 is 5.91 Å². The quantitative estimate of drug-likeness (QED) is 0.835. The van der Waals surface area contributed by atoms with Crippen molar-refractivity contribution in [2.45, 2.75) is 26.3 Å². The van der Waals surface area contributed by atoms with Gasteiger partial charge in [-0.1, -0.05) is 35.5 Å². The van der Waals surface area contributed by atoms with E-state index in [1.807, 2.05) is 44.3 Å². The second-order valence-electron chi connectivity index (χ2n) is 7.12. The van der Waals surface area contributed by atoms with Crippen molar-refractivity contribution in [3.05, 3.63) is 47.3 Å². The molecule has 0 aliphatic carbocycles. The largest absolute Gasteiger partial charge is 0.340 e. The fourth-order valence-corrected chi connectivity index (χ4v) is 3.54. The van der Waals surface area contributed by atoms with Crippen LogP contribution < -0.4 is 0 Å². The number of amides is 1. The Kier molecular flexibility index (Phi) is 5.48. The molecule has 1 aliphatic heterocycles. The first kappa shape index (κ1) is 17.6. The molecule has 134 valence electrons. The second kappa shape index (κ2) is 7.78. The van der Waals surface area contributed by atoms with Crippen LogP contribution in [0.4, 0.5) is 0 Å². The van der Waals surface area contributed by atoms with Gasteiger partial charge in [-0.15, -0.1) is 5.10 Å². The third-order valence-electron chi connectivity index (χ3n) is 4.96. The number of nitrogens with zero attached hydrogens (tertiary/aromatic N) is 5. The van der Waals surface area contributed by atoms with Crippen LogP contribution in [0.2, 0.25) is 0 Å². The van der Waals surface area contributed by atoms with Gasteiger partial charge < -0.3 is 9.80 Å². The van der Waals surface area contributed by atoms with E-state index in [2.05, 4.69) is 22.3 Å². The van der Waals surface area contributed by atoms with Crippen LogP contribution in [0.5, 0.6) is 0 Å². The first-order valence-electron chi connectivity index (χ1n) is 8.92. The fraction of sp³-hybridized carbons (Fsp3) is 0.526. The highest BCUT2D eigenvalue weighted by molar-refractivity contribution is 5.93. The molecule has 0 radical (unpaired) electrons. The van der Waals surface area contributed by atoms with Crippen LogP contribution in [0.25, 0.3) is 0 Å². The monoisotopic (exact) mass is 341 g/mol. The van der Waals surface area contributed by atoms with Gasteiger partial charge >= 0.3 is 0 Å². The molecule has 0 N–H and O–H groups in total. The lowest BCUT2D eigenvalue weighted by Gasteiger charge is -2.32. The van der Waals surface area contributed by atoms with E-state index in [1.54, 1.807) is 9.58 Å². The van der Waals surface area contributed by atoms with Crippen LogP contribution in [0, 0.1) is 12.8 Å². The molecular weight excluding hydrogens is 314 g/mol. The minimum Gasteiger partial charge on any atom is -0.340 e. The SMILES string of the molecule is Cc1c(C(=O)N(C)CC2CCCN(C)C2)nnn1Cc1ccccc1. The number of carbonyl (C=O) groups excluding carboxylic acids is 1. The Hall–Kier alpha value is -2.21. The summed E-state index contributed by atoms with van der Waals surface area (Å²) in [6.45, 7) is 5.52. The minimum atomic E-state index is -0.0370. The first-order valence-corrected chi connectivity index (χ1v) is 8.92. The number of carbonyl (C=O) groups is 1. The zero-order valence-corrected chi connectivity index (χ0v) is 15.4. The van der Waals surface area contributed by atoms with Crippen LogP contribution in [-0.2, 0) is 6.54 Å². The van der Waals surface area contributed by atoms with Crippen molar-refractivity contribution in [3.63, 3.8) is 0 Å². The van der Waals surface area contributed by atoms with Crippen molar-refractivity contribution in [2.75, 3.05) is 33.7 Å². The molecule has 1 saturated heterocycles. The van der Waals surface area contributed by atoms with Crippen molar-refractivity contribution in [2.24, 2.45) is 5.92 Å². The maximum atomic E-state index is 12.8. The first-order chi connectivity index (χ1) is 12.0. The normalized spacial score (nSPS) is 18.3. The Balaban J connectivity index is 1.65. The number of aromatic nitrogens is 3. The molecule has 1 atom stereocenters. The number of hydrogen-bond donors (Lipinski definition) is 0. The summed E-state index contributed by atoms with van der Waals surface area (Å²) in [6, 6.07) is 10.1. The fourth-order valence-electron chi connectivity index (χ4n) is 3.54. The van der Waals surface area contributed by atoms with Gasteiger partial charge in [0.25, 0.3) is 5.91 Å². The van der Waals surface area contributed by atoms with Gasteiger partial charge in [-0.2, -0.15) is 0 Å². The highest BCUT2D eigenvalue weighted by atomic mass is 16.2. The molecule has 1 fully saturated rings. The Morgan fingerprint density at radius 1 is 1.32 bits per heavy atom. The predicted octanol–water partition coefficient (Wildman–Crippen LogP) is 2.05. The maximum Gasteiger partial charge on any atom is 0.276 e. The summed E-state index contributed by atoms with van der Waals surface area (Å²) in [5.74, 6) is 0.498. The lowest BCUT2D eigenvalue weighted by molar-refractivity contribution is 0.0734. The molecule has 6 heteroatoms. The van der Waals surface area contributed by atoms with E-state index in [4.69, 9.17) is 0 Å². The maximum absolute atomic E-state index is 12.8. The molecule has 1 amide bonds. The van der Waals surface area contributed by atoms with E-state index in [0.29, 0.717) is 18.2 Å².